The maximum Gasteiger partial charge on any atom is 0.394 e. The van der Waals surface area contributed by atoms with Gasteiger partial charge in [0.05, 0.1) is 13.2 Å². The van der Waals surface area contributed by atoms with Crippen LogP contribution in [-0.2, 0) is 24.7 Å². The highest BCUT2D eigenvalue weighted by Gasteiger charge is 2.23. The Morgan fingerprint density at radius 1 is 0.944 bits per heavy atom. The van der Waals surface area contributed by atoms with Gasteiger partial charge in [0, 0.05) is 0 Å². The summed E-state index contributed by atoms with van der Waals surface area (Å²) in [5, 5.41) is 33.7. The van der Waals surface area contributed by atoms with Crippen LogP contribution in [0.4, 0.5) is 0 Å². The van der Waals surface area contributed by atoms with Crippen LogP contribution >= 0.6 is 0 Å². The highest BCUT2D eigenvalue weighted by Crippen LogP contribution is 1.92. The van der Waals surface area contributed by atoms with E-state index in [0.717, 1.165) is 0 Å². The van der Waals surface area contributed by atoms with Crippen molar-refractivity contribution in [2.75, 3.05) is 13.2 Å². The van der Waals surface area contributed by atoms with Crippen LogP contribution in [0.3, 0.4) is 0 Å². The summed E-state index contributed by atoms with van der Waals surface area (Å²) in [7, 11) is -4.67. The molecule has 0 aliphatic rings. The van der Waals surface area contributed by atoms with Gasteiger partial charge >= 0.3 is 22.3 Å². The molecule has 18 heavy (non-hydrogen) atoms. The lowest BCUT2D eigenvalue weighted by Gasteiger charge is -2.08. The fourth-order valence-corrected chi connectivity index (χ4v) is 0.384. The van der Waals surface area contributed by atoms with Crippen LogP contribution in [0, 0.1) is 0 Å². The Balaban J connectivity index is 0. The lowest BCUT2D eigenvalue weighted by molar-refractivity contribution is -0.173. The normalized spacial score (nSPS) is 13.9. The molecule has 0 bridgehead atoms. The van der Waals surface area contributed by atoms with Crippen LogP contribution < -0.4 is 0 Å². The smallest absolute Gasteiger partial charge is 0.393 e. The van der Waals surface area contributed by atoms with E-state index in [4.69, 9.17) is 37.9 Å². The molecule has 0 amide bonds. The Kier molecular flexibility index (Phi) is 9.46. The van der Waals surface area contributed by atoms with Crippen LogP contribution in [0.5, 0.6) is 0 Å². The maximum absolute atomic E-state index is 10.6. The molecule has 0 aliphatic carbocycles. The van der Waals surface area contributed by atoms with E-state index in [9.17, 15) is 9.59 Å². The second-order valence-corrected chi connectivity index (χ2v) is 3.48. The number of carbonyl (C=O) groups is 2. The highest BCUT2D eigenvalue weighted by atomic mass is 32.3. The van der Waals surface area contributed by atoms with Crippen molar-refractivity contribution in [1.29, 1.82) is 0 Å². The molecular weight excluding hydrogens is 280 g/mol. The number of carbonyl (C=O) groups excluding carboxylic acids is 2. The van der Waals surface area contributed by atoms with Crippen LogP contribution in [0.1, 0.15) is 0 Å². The van der Waals surface area contributed by atoms with Gasteiger partial charge in [0.15, 0.2) is 12.2 Å². The van der Waals surface area contributed by atoms with Gasteiger partial charge in [-0.1, -0.05) is 0 Å². The zero-order valence-electron chi connectivity index (χ0n) is 8.70. The molecule has 0 fully saturated rings. The van der Waals surface area contributed by atoms with Crippen molar-refractivity contribution in [3.63, 3.8) is 0 Å². The van der Waals surface area contributed by atoms with Gasteiger partial charge in [-0.05, 0) is 0 Å². The predicted molar refractivity (Wildman–Crippen MR) is 51.5 cm³/mol. The van der Waals surface area contributed by atoms with E-state index in [1.165, 1.54) is 0 Å². The summed E-state index contributed by atoms with van der Waals surface area (Å²) in [6.45, 7) is -1.78. The summed E-state index contributed by atoms with van der Waals surface area (Å²) in [6.07, 6.45) is -3.65. The minimum atomic E-state index is -4.67. The molecule has 2 unspecified atom stereocenters. The summed E-state index contributed by atoms with van der Waals surface area (Å²) in [5.74, 6) is -2.75. The van der Waals surface area contributed by atoms with Crippen molar-refractivity contribution >= 4 is 22.3 Å². The van der Waals surface area contributed by atoms with E-state index >= 15 is 0 Å². The summed E-state index contributed by atoms with van der Waals surface area (Å²) in [6, 6.07) is 0. The number of esters is 2. The second-order valence-electron chi connectivity index (χ2n) is 2.58. The van der Waals surface area contributed by atoms with Crippen LogP contribution in [0.15, 0.2) is 0 Å². The Hall–Kier alpha value is -1.15. The molecule has 0 heterocycles. The number of ether oxygens (including phenoxy) is 1. The average molecular weight is 292 g/mol. The van der Waals surface area contributed by atoms with Gasteiger partial charge in [0.25, 0.3) is 0 Å². The maximum atomic E-state index is 10.6. The molecule has 0 rings (SSSR count). The molecule has 0 aromatic carbocycles. The standard InChI is InChI=1S/C6H10O7.H2O4S/c7-1-3(9)5(11)13-6(12)4(10)2-8;1-5(2,3)4/h3-4,7-10H,1-2H2;(H2,1,2,3,4). The third-order valence-electron chi connectivity index (χ3n) is 1.09. The second kappa shape index (κ2) is 8.87. The van der Waals surface area contributed by atoms with Gasteiger partial charge in [-0.2, -0.15) is 8.42 Å². The van der Waals surface area contributed by atoms with Crippen molar-refractivity contribution in [3.8, 4) is 0 Å². The summed E-state index contributed by atoms with van der Waals surface area (Å²) in [5.41, 5.74) is 0. The van der Waals surface area contributed by atoms with Crippen LogP contribution in [-0.4, -0.2) is 75.3 Å². The van der Waals surface area contributed by atoms with Crippen molar-refractivity contribution in [2.45, 2.75) is 12.2 Å². The number of hydrogen-bond donors (Lipinski definition) is 6. The van der Waals surface area contributed by atoms with Gasteiger partial charge in [-0.3, -0.25) is 9.11 Å². The zero-order chi connectivity index (χ0) is 14.9. The van der Waals surface area contributed by atoms with Gasteiger partial charge in [0.1, 0.15) is 0 Å². The molecule has 6 N–H and O–H groups in total. The summed E-state index contributed by atoms with van der Waals surface area (Å²) >= 11 is 0. The van der Waals surface area contributed by atoms with Crippen molar-refractivity contribution in [2.24, 2.45) is 0 Å². The first-order chi connectivity index (χ1) is 8.02. The molecule has 0 radical (unpaired) electrons. The van der Waals surface area contributed by atoms with E-state index in [-0.39, 0.29) is 0 Å². The molecular formula is C6H12O11S. The number of aliphatic hydroxyl groups excluding tert-OH is 4. The Morgan fingerprint density at radius 2 is 1.17 bits per heavy atom. The van der Waals surface area contributed by atoms with Crippen molar-refractivity contribution in [3.05, 3.63) is 0 Å². The highest BCUT2D eigenvalue weighted by molar-refractivity contribution is 7.79. The molecule has 0 saturated heterocycles. The minimum absolute atomic E-state index is 0.888. The number of aliphatic hydroxyl groups is 4. The largest absolute Gasteiger partial charge is 0.394 e. The molecule has 0 aliphatic heterocycles. The Bertz CT molecular complexity index is 332. The fourth-order valence-electron chi connectivity index (χ4n) is 0.384. The lowest BCUT2D eigenvalue weighted by Crippen LogP contribution is -2.34. The van der Waals surface area contributed by atoms with E-state index < -0.39 is 47.8 Å². The Labute approximate surface area is 101 Å². The molecule has 0 saturated carbocycles. The molecule has 2 atom stereocenters. The molecule has 0 aromatic heterocycles. The van der Waals surface area contributed by atoms with Gasteiger partial charge in [-0.25, -0.2) is 9.59 Å². The number of rotatable bonds is 4. The SMILES string of the molecule is O=C(OC(=O)C(O)CO)C(O)CO.O=S(=O)(O)O. The van der Waals surface area contributed by atoms with Gasteiger partial charge < -0.3 is 25.2 Å². The van der Waals surface area contributed by atoms with E-state index in [2.05, 4.69) is 4.74 Å². The fraction of sp³-hybridized carbons (Fsp3) is 0.667. The summed E-state index contributed by atoms with van der Waals surface area (Å²) < 4.78 is 35.4. The average Bonchev–Trinajstić information content (AvgIpc) is 2.24. The Morgan fingerprint density at radius 3 is 1.33 bits per heavy atom. The van der Waals surface area contributed by atoms with Gasteiger partial charge in [0.2, 0.25) is 0 Å². The molecule has 0 aromatic rings. The summed E-state index contributed by atoms with van der Waals surface area (Å²) in [4.78, 5) is 21.1. The minimum Gasteiger partial charge on any atom is -0.393 e. The van der Waals surface area contributed by atoms with E-state index in [0.29, 0.717) is 0 Å². The first-order valence-corrected chi connectivity index (χ1v) is 5.45. The van der Waals surface area contributed by atoms with E-state index in [1.54, 1.807) is 0 Å². The third-order valence-corrected chi connectivity index (χ3v) is 1.09. The lowest BCUT2D eigenvalue weighted by atomic mass is 10.3. The first kappa shape index (κ1) is 19.2. The van der Waals surface area contributed by atoms with E-state index in [1.807, 2.05) is 0 Å². The third kappa shape index (κ3) is 12.9. The first-order valence-electron chi connectivity index (χ1n) is 4.06. The number of hydrogen-bond acceptors (Lipinski definition) is 9. The topological polar surface area (TPSA) is 199 Å². The molecule has 108 valence electrons. The van der Waals surface area contributed by atoms with Crippen LogP contribution in [0.25, 0.3) is 0 Å². The predicted octanol–water partition coefficient (Wildman–Crippen LogP) is -3.89. The zero-order valence-corrected chi connectivity index (χ0v) is 9.52. The quantitative estimate of drug-likeness (QED) is 0.168. The van der Waals surface area contributed by atoms with Crippen molar-refractivity contribution in [1.82, 2.24) is 0 Å². The van der Waals surface area contributed by atoms with Crippen molar-refractivity contribution < 1.29 is 52.3 Å². The van der Waals surface area contributed by atoms with Gasteiger partial charge in [-0.15, -0.1) is 0 Å². The monoisotopic (exact) mass is 292 g/mol. The molecule has 11 nitrogen and oxygen atoms in total. The van der Waals surface area contributed by atoms with Crippen LogP contribution in [0.2, 0.25) is 0 Å². The molecule has 0 spiro atoms. The molecule has 12 heteroatoms.